The van der Waals surface area contributed by atoms with Gasteiger partial charge in [0.1, 0.15) is 0 Å². The van der Waals surface area contributed by atoms with E-state index in [1.807, 2.05) is 0 Å². The number of hydrogen-bond donors (Lipinski definition) is 1. The molecule has 10 heavy (non-hydrogen) atoms. The number of carbonyl (C=O) groups is 2. The quantitative estimate of drug-likeness (QED) is 0.589. The summed E-state index contributed by atoms with van der Waals surface area (Å²) in [7, 11) is 0. The molecule has 3 nitrogen and oxygen atoms in total. The van der Waals surface area contributed by atoms with Crippen molar-refractivity contribution in [2.75, 3.05) is 0 Å². The average molecular weight is 140 g/mol. The Bertz CT molecular complexity index is 201. The molecule has 0 atom stereocenters. The Kier molecular flexibility index (Phi) is 3.11. The number of rotatable bonds is 3. The zero-order chi connectivity index (χ0) is 8.15. The molecule has 0 radical (unpaired) electrons. The minimum Gasteiger partial charge on any atom is -0.478 e. The fourth-order valence-electron chi connectivity index (χ4n) is 0.334. The SMILES string of the molecule is C=CC(=O)/C=C(\C)C(=O)O. The first-order valence-electron chi connectivity index (χ1n) is 2.66. The number of ketones is 1. The van der Waals surface area contributed by atoms with E-state index >= 15 is 0 Å². The highest BCUT2D eigenvalue weighted by Gasteiger charge is 2.00. The van der Waals surface area contributed by atoms with Gasteiger partial charge in [0, 0.05) is 5.57 Å². The number of allylic oxidation sites excluding steroid dienone is 2. The van der Waals surface area contributed by atoms with Gasteiger partial charge in [-0.2, -0.15) is 0 Å². The summed E-state index contributed by atoms with van der Waals surface area (Å²) in [4.78, 5) is 20.6. The topological polar surface area (TPSA) is 54.4 Å². The van der Waals surface area contributed by atoms with Gasteiger partial charge in [0.15, 0.2) is 5.78 Å². The predicted molar refractivity (Wildman–Crippen MR) is 36.6 cm³/mol. The van der Waals surface area contributed by atoms with E-state index in [0.717, 1.165) is 12.2 Å². The van der Waals surface area contributed by atoms with Crippen LogP contribution in [0.15, 0.2) is 24.3 Å². The second-order valence-electron chi connectivity index (χ2n) is 1.74. The van der Waals surface area contributed by atoms with Crippen LogP contribution in [0.4, 0.5) is 0 Å². The lowest BCUT2D eigenvalue weighted by molar-refractivity contribution is -0.132. The molecular formula is C7H8O3. The highest BCUT2D eigenvalue weighted by Crippen LogP contribution is 1.91. The molecule has 0 fully saturated rings. The van der Waals surface area contributed by atoms with Gasteiger partial charge < -0.3 is 5.11 Å². The molecule has 0 bridgehead atoms. The van der Waals surface area contributed by atoms with Gasteiger partial charge in [-0.15, -0.1) is 0 Å². The largest absolute Gasteiger partial charge is 0.478 e. The van der Waals surface area contributed by atoms with Gasteiger partial charge in [-0.05, 0) is 19.1 Å². The fraction of sp³-hybridized carbons (Fsp3) is 0.143. The van der Waals surface area contributed by atoms with Crippen molar-refractivity contribution >= 4 is 11.8 Å². The maximum absolute atomic E-state index is 10.5. The summed E-state index contributed by atoms with van der Waals surface area (Å²) in [6.45, 7) is 4.54. The molecule has 0 aliphatic carbocycles. The third-order valence-corrected chi connectivity index (χ3v) is 0.897. The molecule has 0 saturated carbocycles. The predicted octanol–water partition coefficient (Wildman–Crippen LogP) is 0.772. The van der Waals surface area contributed by atoms with Crippen LogP contribution in [-0.2, 0) is 9.59 Å². The van der Waals surface area contributed by atoms with Crippen LogP contribution in [0.2, 0.25) is 0 Å². The van der Waals surface area contributed by atoms with Gasteiger partial charge >= 0.3 is 5.97 Å². The van der Waals surface area contributed by atoms with Crippen molar-refractivity contribution in [1.82, 2.24) is 0 Å². The highest BCUT2D eigenvalue weighted by atomic mass is 16.4. The molecular weight excluding hydrogens is 132 g/mol. The van der Waals surface area contributed by atoms with E-state index in [9.17, 15) is 9.59 Å². The Balaban J connectivity index is 4.30. The van der Waals surface area contributed by atoms with Crippen LogP contribution in [-0.4, -0.2) is 16.9 Å². The standard InChI is InChI=1S/C7H8O3/c1-3-6(8)4-5(2)7(9)10/h3-4H,1H2,2H3,(H,9,10)/b5-4+. The highest BCUT2D eigenvalue weighted by molar-refractivity contribution is 6.03. The molecule has 0 rings (SSSR count). The van der Waals surface area contributed by atoms with E-state index < -0.39 is 5.97 Å². The third-order valence-electron chi connectivity index (χ3n) is 0.897. The van der Waals surface area contributed by atoms with Crippen molar-refractivity contribution in [2.24, 2.45) is 0 Å². The van der Waals surface area contributed by atoms with E-state index in [2.05, 4.69) is 6.58 Å². The zero-order valence-electron chi connectivity index (χ0n) is 5.63. The number of hydrogen-bond acceptors (Lipinski definition) is 2. The van der Waals surface area contributed by atoms with E-state index in [1.54, 1.807) is 0 Å². The smallest absolute Gasteiger partial charge is 0.331 e. The molecule has 0 aromatic rings. The Morgan fingerprint density at radius 3 is 2.30 bits per heavy atom. The Morgan fingerprint density at radius 1 is 1.50 bits per heavy atom. The summed E-state index contributed by atoms with van der Waals surface area (Å²) in [6.07, 6.45) is 2.09. The van der Waals surface area contributed by atoms with Crippen LogP contribution >= 0.6 is 0 Å². The van der Waals surface area contributed by atoms with E-state index in [-0.39, 0.29) is 11.4 Å². The lowest BCUT2D eigenvalue weighted by Gasteiger charge is -1.87. The minimum absolute atomic E-state index is 0.0184. The Labute approximate surface area is 58.7 Å². The average Bonchev–Trinajstić information content (AvgIpc) is 1.87. The normalized spacial score (nSPS) is 10.7. The van der Waals surface area contributed by atoms with Gasteiger partial charge in [-0.25, -0.2) is 4.79 Å². The van der Waals surface area contributed by atoms with Crippen molar-refractivity contribution in [3.8, 4) is 0 Å². The zero-order valence-corrected chi connectivity index (χ0v) is 5.63. The third kappa shape index (κ3) is 2.81. The van der Waals surface area contributed by atoms with Crippen LogP contribution in [0.25, 0.3) is 0 Å². The summed E-state index contributed by atoms with van der Waals surface area (Å²) < 4.78 is 0. The number of carbonyl (C=O) groups excluding carboxylic acids is 1. The lowest BCUT2D eigenvalue weighted by Crippen LogP contribution is -1.98. The van der Waals surface area contributed by atoms with Crippen LogP contribution in [0.5, 0.6) is 0 Å². The molecule has 0 aromatic carbocycles. The molecule has 3 heteroatoms. The summed E-state index contributed by atoms with van der Waals surface area (Å²) in [5.41, 5.74) is 0.0184. The first kappa shape index (κ1) is 8.62. The second-order valence-corrected chi connectivity index (χ2v) is 1.74. The van der Waals surface area contributed by atoms with E-state index in [4.69, 9.17) is 5.11 Å². The molecule has 0 aromatic heterocycles. The number of aliphatic carboxylic acids is 1. The molecule has 0 aliphatic heterocycles. The fourth-order valence-corrected chi connectivity index (χ4v) is 0.334. The minimum atomic E-state index is -1.09. The molecule has 0 unspecified atom stereocenters. The van der Waals surface area contributed by atoms with Gasteiger partial charge in [-0.1, -0.05) is 6.58 Å². The van der Waals surface area contributed by atoms with Crippen LogP contribution in [0.1, 0.15) is 6.92 Å². The van der Waals surface area contributed by atoms with Gasteiger partial charge in [-0.3, -0.25) is 4.79 Å². The molecule has 0 heterocycles. The van der Waals surface area contributed by atoms with Gasteiger partial charge in [0.2, 0.25) is 0 Å². The monoisotopic (exact) mass is 140 g/mol. The van der Waals surface area contributed by atoms with Crippen LogP contribution < -0.4 is 0 Å². The molecule has 0 amide bonds. The number of carboxylic acid groups (broad SMARTS) is 1. The number of carboxylic acids is 1. The van der Waals surface area contributed by atoms with Crippen LogP contribution in [0, 0.1) is 0 Å². The van der Waals surface area contributed by atoms with E-state index in [1.165, 1.54) is 6.92 Å². The van der Waals surface area contributed by atoms with Crippen molar-refractivity contribution < 1.29 is 14.7 Å². The van der Waals surface area contributed by atoms with Crippen LogP contribution in [0.3, 0.4) is 0 Å². The summed E-state index contributed by atoms with van der Waals surface area (Å²) in [5, 5.41) is 8.27. The van der Waals surface area contributed by atoms with Gasteiger partial charge in [0.05, 0.1) is 0 Å². The summed E-state index contributed by atoms with van der Waals surface area (Å²) in [6, 6.07) is 0. The van der Waals surface area contributed by atoms with Crippen molar-refractivity contribution in [3.05, 3.63) is 24.3 Å². The maximum Gasteiger partial charge on any atom is 0.331 e. The Hall–Kier alpha value is -1.38. The molecule has 1 N–H and O–H groups in total. The van der Waals surface area contributed by atoms with E-state index in [0.29, 0.717) is 0 Å². The molecule has 0 aliphatic rings. The molecule has 54 valence electrons. The lowest BCUT2D eigenvalue weighted by atomic mass is 10.2. The first-order chi connectivity index (χ1) is 4.57. The maximum atomic E-state index is 10.5. The first-order valence-corrected chi connectivity index (χ1v) is 2.66. The van der Waals surface area contributed by atoms with Crippen molar-refractivity contribution in [2.45, 2.75) is 6.92 Å². The Morgan fingerprint density at radius 2 is 2.00 bits per heavy atom. The summed E-state index contributed by atoms with van der Waals surface area (Å²) in [5.74, 6) is -1.48. The molecule has 0 saturated heterocycles. The van der Waals surface area contributed by atoms with Crippen molar-refractivity contribution in [3.63, 3.8) is 0 Å². The second kappa shape index (κ2) is 3.61. The molecule has 0 spiro atoms. The van der Waals surface area contributed by atoms with Gasteiger partial charge in [0.25, 0.3) is 0 Å². The van der Waals surface area contributed by atoms with Crippen molar-refractivity contribution in [1.29, 1.82) is 0 Å². The summed E-state index contributed by atoms with van der Waals surface area (Å²) >= 11 is 0.